The van der Waals surface area contributed by atoms with Crippen LogP contribution in [0.4, 0.5) is 4.39 Å². The lowest BCUT2D eigenvalue weighted by Gasteiger charge is -2.24. The largest absolute Gasteiger partial charge is 0.391 e. The first-order chi connectivity index (χ1) is 9.87. The lowest BCUT2D eigenvalue weighted by atomic mass is 10.1. The molecule has 0 saturated heterocycles. The van der Waals surface area contributed by atoms with Crippen molar-refractivity contribution in [1.29, 1.82) is 0 Å². The van der Waals surface area contributed by atoms with Gasteiger partial charge in [-0.25, -0.2) is 12.8 Å². The smallest absolute Gasteiger partial charge is 0.252 e. The normalized spacial score (nSPS) is 13.6. The van der Waals surface area contributed by atoms with E-state index < -0.39 is 21.9 Å². The summed E-state index contributed by atoms with van der Waals surface area (Å²) in [6, 6.07) is 8.50. The second-order valence-corrected chi connectivity index (χ2v) is 7.99. The maximum absolute atomic E-state index is 13.8. The van der Waals surface area contributed by atoms with Crippen LogP contribution in [0.1, 0.15) is 23.4 Å². The van der Waals surface area contributed by atoms with E-state index in [9.17, 15) is 12.8 Å². The summed E-state index contributed by atoms with van der Waals surface area (Å²) in [6.07, 6.45) is 0. The van der Waals surface area contributed by atoms with Gasteiger partial charge in [0.2, 0.25) is 0 Å². The molecular formula is C14H16FNO3S2. The summed E-state index contributed by atoms with van der Waals surface area (Å²) < 4.78 is 40.1. The van der Waals surface area contributed by atoms with Crippen molar-refractivity contribution in [3.8, 4) is 0 Å². The topological polar surface area (TPSA) is 57.6 Å². The van der Waals surface area contributed by atoms with Crippen LogP contribution in [0.15, 0.2) is 40.6 Å². The molecular weight excluding hydrogens is 313 g/mol. The Morgan fingerprint density at radius 3 is 2.52 bits per heavy atom. The van der Waals surface area contributed by atoms with Crippen molar-refractivity contribution in [2.75, 3.05) is 7.05 Å². The number of benzene rings is 1. The molecule has 1 aromatic carbocycles. The van der Waals surface area contributed by atoms with Gasteiger partial charge in [0.25, 0.3) is 10.0 Å². The number of aliphatic hydroxyl groups is 1. The van der Waals surface area contributed by atoms with Gasteiger partial charge in [-0.15, -0.1) is 11.3 Å². The van der Waals surface area contributed by atoms with Gasteiger partial charge in [0.05, 0.1) is 6.61 Å². The van der Waals surface area contributed by atoms with E-state index in [0.29, 0.717) is 10.4 Å². The molecule has 2 rings (SSSR count). The average molecular weight is 329 g/mol. The van der Waals surface area contributed by atoms with E-state index in [2.05, 4.69) is 0 Å². The van der Waals surface area contributed by atoms with Crippen LogP contribution in [0.2, 0.25) is 0 Å². The highest BCUT2D eigenvalue weighted by atomic mass is 32.2. The number of hydrogen-bond donors (Lipinski definition) is 1. The van der Waals surface area contributed by atoms with Gasteiger partial charge in [-0.2, -0.15) is 4.31 Å². The molecule has 21 heavy (non-hydrogen) atoms. The number of thiophene rings is 1. The van der Waals surface area contributed by atoms with Crippen LogP contribution in [0.3, 0.4) is 0 Å². The predicted molar refractivity (Wildman–Crippen MR) is 80.0 cm³/mol. The van der Waals surface area contributed by atoms with Gasteiger partial charge in [0.15, 0.2) is 0 Å². The number of halogens is 1. The molecule has 1 atom stereocenters. The number of aliphatic hydroxyl groups excluding tert-OH is 1. The Bertz CT molecular complexity index is 727. The fraction of sp³-hybridized carbons (Fsp3) is 0.286. The van der Waals surface area contributed by atoms with Crippen LogP contribution < -0.4 is 0 Å². The zero-order valence-corrected chi connectivity index (χ0v) is 13.3. The Hall–Kier alpha value is -1.28. The van der Waals surface area contributed by atoms with E-state index >= 15 is 0 Å². The third-order valence-corrected chi connectivity index (χ3v) is 6.79. The number of sulfonamides is 1. The van der Waals surface area contributed by atoms with E-state index in [1.807, 2.05) is 0 Å². The first kappa shape index (κ1) is 16.1. The van der Waals surface area contributed by atoms with Crippen molar-refractivity contribution in [2.24, 2.45) is 0 Å². The highest BCUT2D eigenvalue weighted by Gasteiger charge is 2.28. The summed E-state index contributed by atoms with van der Waals surface area (Å²) in [7, 11) is -2.30. The van der Waals surface area contributed by atoms with E-state index in [-0.39, 0.29) is 10.8 Å². The molecule has 0 saturated carbocycles. The van der Waals surface area contributed by atoms with Crippen LogP contribution in [0.25, 0.3) is 0 Å². The number of hydrogen-bond acceptors (Lipinski definition) is 4. The third kappa shape index (κ3) is 3.16. The first-order valence-corrected chi connectivity index (χ1v) is 8.55. The molecule has 0 aliphatic carbocycles. The Morgan fingerprint density at radius 2 is 1.95 bits per heavy atom. The van der Waals surface area contributed by atoms with Crippen LogP contribution in [0.5, 0.6) is 0 Å². The fourth-order valence-electron chi connectivity index (χ4n) is 1.94. The summed E-state index contributed by atoms with van der Waals surface area (Å²) in [5.41, 5.74) is 0.322. The average Bonchev–Trinajstić information content (AvgIpc) is 2.96. The van der Waals surface area contributed by atoms with Gasteiger partial charge in [-0.1, -0.05) is 18.2 Å². The second kappa shape index (κ2) is 6.23. The Morgan fingerprint density at radius 1 is 1.29 bits per heavy atom. The minimum atomic E-state index is -3.72. The Balaban J connectivity index is 2.34. The van der Waals surface area contributed by atoms with Crippen molar-refractivity contribution >= 4 is 21.4 Å². The summed E-state index contributed by atoms with van der Waals surface area (Å²) in [4.78, 5) is 0.570. The molecule has 4 nitrogen and oxygen atoms in total. The zero-order chi connectivity index (χ0) is 15.6. The van der Waals surface area contributed by atoms with E-state index in [4.69, 9.17) is 5.11 Å². The van der Waals surface area contributed by atoms with Crippen molar-refractivity contribution in [1.82, 2.24) is 4.31 Å². The molecule has 1 aromatic heterocycles. The maximum atomic E-state index is 13.8. The van der Waals surface area contributed by atoms with E-state index in [0.717, 1.165) is 15.6 Å². The molecule has 0 radical (unpaired) electrons. The number of rotatable bonds is 5. The molecule has 114 valence electrons. The fourth-order valence-corrected chi connectivity index (χ4v) is 4.69. The monoisotopic (exact) mass is 329 g/mol. The standard InChI is InChI=1S/C14H16FNO3S2/c1-10(12-5-3-4-6-13(12)15)16(2)21(18,19)14-8-7-11(9-17)20-14/h3-8,10,17H,9H2,1-2H3. The quantitative estimate of drug-likeness (QED) is 0.918. The zero-order valence-electron chi connectivity index (χ0n) is 11.7. The third-order valence-electron chi connectivity index (χ3n) is 3.33. The Kier molecular flexibility index (Phi) is 4.77. The highest BCUT2D eigenvalue weighted by Crippen LogP contribution is 2.30. The van der Waals surface area contributed by atoms with E-state index in [1.54, 1.807) is 31.2 Å². The van der Waals surface area contributed by atoms with Crippen molar-refractivity contribution in [3.05, 3.63) is 52.7 Å². The highest BCUT2D eigenvalue weighted by molar-refractivity contribution is 7.91. The van der Waals surface area contributed by atoms with Crippen LogP contribution >= 0.6 is 11.3 Å². The molecule has 0 aliphatic rings. The molecule has 0 aliphatic heterocycles. The van der Waals surface area contributed by atoms with Gasteiger partial charge in [-0.05, 0) is 25.1 Å². The molecule has 0 amide bonds. The lowest BCUT2D eigenvalue weighted by Crippen LogP contribution is -2.29. The lowest BCUT2D eigenvalue weighted by molar-refractivity contribution is 0.285. The molecule has 1 heterocycles. The summed E-state index contributed by atoms with van der Waals surface area (Å²) >= 11 is 1.01. The summed E-state index contributed by atoms with van der Waals surface area (Å²) in [5, 5.41) is 9.03. The molecule has 1 unspecified atom stereocenters. The van der Waals surface area contributed by atoms with Crippen LogP contribution in [-0.2, 0) is 16.6 Å². The van der Waals surface area contributed by atoms with Crippen molar-refractivity contribution < 1.29 is 17.9 Å². The Labute approximate surface area is 127 Å². The molecule has 7 heteroatoms. The van der Waals surface area contributed by atoms with Crippen molar-refractivity contribution in [3.63, 3.8) is 0 Å². The molecule has 1 N–H and O–H groups in total. The number of nitrogens with zero attached hydrogens (tertiary/aromatic N) is 1. The van der Waals surface area contributed by atoms with E-state index in [1.165, 1.54) is 19.2 Å². The van der Waals surface area contributed by atoms with Crippen LogP contribution in [0, 0.1) is 5.82 Å². The maximum Gasteiger partial charge on any atom is 0.252 e. The van der Waals surface area contributed by atoms with Gasteiger partial charge in [0, 0.05) is 23.5 Å². The summed E-state index contributed by atoms with van der Waals surface area (Å²) in [5.74, 6) is -0.436. The van der Waals surface area contributed by atoms with Gasteiger partial charge in [0.1, 0.15) is 10.0 Å². The second-order valence-electron chi connectivity index (χ2n) is 4.60. The van der Waals surface area contributed by atoms with Crippen molar-refractivity contribution in [2.45, 2.75) is 23.8 Å². The van der Waals surface area contributed by atoms with Gasteiger partial charge in [-0.3, -0.25) is 0 Å². The van der Waals surface area contributed by atoms with Gasteiger partial charge < -0.3 is 5.11 Å². The molecule has 0 spiro atoms. The minimum Gasteiger partial charge on any atom is -0.391 e. The molecule has 2 aromatic rings. The first-order valence-electron chi connectivity index (χ1n) is 6.30. The SMILES string of the molecule is CC(c1ccccc1F)N(C)S(=O)(=O)c1ccc(CO)s1. The predicted octanol–water partition coefficient (Wildman–Crippen LogP) is 2.76. The minimum absolute atomic E-state index is 0.136. The molecule has 0 bridgehead atoms. The van der Waals surface area contributed by atoms with Crippen LogP contribution in [-0.4, -0.2) is 24.9 Å². The summed E-state index contributed by atoms with van der Waals surface area (Å²) in [6.45, 7) is 1.43. The van der Waals surface area contributed by atoms with Gasteiger partial charge >= 0.3 is 0 Å². The molecule has 0 fully saturated rings.